The van der Waals surface area contributed by atoms with Crippen LogP contribution in [0.3, 0.4) is 0 Å². The van der Waals surface area contributed by atoms with Crippen LogP contribution in [0.1, 0.15) is 22.3 Å². The van der Waals surface area contributed by atoms with E-state index in [1.807, 2.05) is 4.72 Å². The van der Waals surface area contributed by atoms with Gasteiger partial charge in [0.2, 0.25) is 5.88 Å². The molecule has 0 saturated heterocycles. The second-order valence-electron chi connectivity index (χ2n) is 6.11. The minimum absolute atomic E-state index is 0.00455. The number of phenols is 1. The molecule has 0 saturated carbocycles. The average molecular weight is 407 g/mol. The lowest BCUT2D eigenvalue weighted by atomic mass is 10.1. The fourth-order valence-corrected chi connectivity index (χ4v) is 3.76. The van der Waals surface area contributed by atoms with Crippen molar-refractivity contribution in [2.24, 2.45) is 0 Å². The Labute approximate surface area is 161 Å². The zero-order valence-electron chi connectivity index (χ0n) is 14.6. The van der Waals surface area contributed by atoms with Crippen LogP contribution in [-0.2, 0) is 16.6 Å². The number of hydrogen-bond donors (Lipinski definition) is 4. The van der Waals surface area contributed by atoms with E-state index in [1.54, 1.807) is 6.07 Å². The Morgan fingerprint density at radius 3 is 2.46 bits per heavy atom. The summed E-state index contributed by atoms with van der Waals surface area (Å²) in [5, 5.41) is 22.2. The van der Waals surface area contributed by atoms with Crippen LogP contribution in [0.5, 0.6) is 5.75 Å². The molecule has 0 aromatic heterocycles. The molecule has 0 spiro atoms. The summed E-state index contributed by atoms with van der Waals surface area (Å²) in [4.78, 5) is 11.9. The topological polar surface area (TPSA) is 119 Å². The van der Waals surface area contributed by atoms with Gasteiger partial charge in [0.15, 0.2) is 0 Å². The zero-order chi connectivity index (χ0) is 20.3. The molecule has 10 heteroatoms. The molecule has 0 atom stereocenters. The molecule has 148 valence electrons. The first kappa shape index (κ1) is 19.5. The molecule has 4 N–H and O–H groups in total. The van der Waals surface area contributed by atoms with E-state index in [2.05, 4.69) is 5.32 Å². The van der Waals surface area contributed by atoms with Gasteiger partial charge in [0.1, 0.15) is 17.3 Å². The zero-order valence-corrected chi connectivity index (χ0v) is 15.4. The van der Waals surface area contributed by atoms with Crippen LogP contribution in [0, 0.1) is 5.82 Å². The van der Waals surface area contributed by atoms with Crippen molar-refractivity contribution in [3.63, 3.8) is 0 Å². The van der Waals surface area contributed by atoms with Crippen LogP contribution in [0.2, 0.25) is 0 Å². The first-order chi connectivity index (χ1) is 13.3. The van der Waals surface area contributed by atoms with Crippen molar-refractivity contribution in [2.45, 2.75) is 12.8 Å². The fraction of sp³-hybridized carbons (Fsp3) is 0.167. The van der Waals surface area contributed by atoms with Gasteiger partial charge < -0.3 is 15.5 Å². The van der Waals surface area contributed by atoms with E-state index in [-0.39, 0.29) is 17.3 Å². The molecule has 0 fully saturated rings. The second kappa shape index (κ2) is 7.77. The average Bonchev–Trinajstić information content (AvgIpc) is 2.91. The number of halogens is 1. The largest absolute Gasteiger partial charge is 0.506 e. The minimum atomic E-state index is -3.97. The predicted octanol–water partition coefficient (Wildman–Crippen LogP) is 1.91. The van der Waals surface area contributed by atoms with Crippen molar-refractivity contribution in [3.05, 3.63) is 71.5 Å². The van der Waals surface area contributed by atoms with Crippen LogP contribution in [-0.4, -0.2) is 31.1 Å². The highest BCUT2D eigenvalue weighted by Crippen LogP contribution is 2.32. The van der Waals surface area contributed by atoms with E-state index in [4.69, 9.17) is 0 Å². The maximum absolute atomic E-state index is 12.9. The van der Waals surface area contributed by atoms with Crippen LogP contribution in [0.25, 0.3) is 0 Å². The number of carbonyl (C=O) groups is 1. The Morgan fingerprint density at radius 2 is 1.86 bits per heavy atom. The number of nitrogens with one attached hydrogen (secondary N) is 2. The van der Waals surface area contributed by atoms with Gasteiger partial charge >= 0.3 is 10.2 Å². The monoisotopic (exact) mass is 407 g/mol. The highest BCUT2D eigenvalue weighted by atomic mass is 32.2. The third kappa shape index (κ3) is 4.34. The summed E-state index contributed by atoms with van der Waals surface area (Å²) in [5.41, 5.74) is 1.11. The SMILES string of the molecule is O=C(NCCCc1ccc(N2C=C(O)NS2(=O)=O)c(O)c1)c1ccc(F)cc1. The van der Waals surface area contributed by atoms with Crippen molar-refractivity contribution >= 4 is 21.8 Å². The Morgan fingerprint density at radius 1 is 1.14 bits per heavy atom. The van der Waals surface area contributed by atoms with Gasteiger partial charge in [-0.25, -0.2) is 13.4 Å². The summed E-state index contributed by atoms with van der Waals surface area (Å²) >= 11 is 0. The van der Waals surface area contributed by atoms with Crippen LogP contribution in [0.15, 0.2) is 54.5 Å². The quantitative estimate of drug-likeness (QED) is 0.546. The van der Waals surface area contributed by atoms with Gasteiger partial charge in [0.25, 0.3) is 5.91 Å². The smallest absolute Gasteiger partial charge is 0.330 e. The van der Waals surface area contributed by atoms with Crippen molar-refractivity contribution < 1.29 is 27.8 Å². The summed E-state index contributed by atoms with van der Waals surface area (Å²) in [6, 6.07) is 9.72. The third-order valence-electron chi connectivity index (χ3n) is 4.04. The molecular formula is C18H18FN3O5S. The van der Waals surface area contributed by atoms with Gasteiger partial charge in [-0.05, 0) is 54.8 Å². The number of aryl methyl sites for hydroxylation is 1. The summed E-state index contributed by atoms with van der Waals surface area (Å²) in [5.74, 6) is -1.52. The number of aromatic hydroxyl groups is 1. The van der Waals surface area contributed by atoms with Crippen molar-refractivity contribution in [1.29, 1.82) is 0 Å². The number of rotatable bonds is 6. The number of aliphatic hydroxyl groups excluding tert-OH is 1. The first-order valence-electron chi connectivity index (χ1n) is 8.35. The number of aliphatic hydroxyl groups is 1. The lowest BCUT2D eigenvalue weighted by Crippen LogP contribution is -2.29. The summed E-state index contributed by atoms with van der Waals surface area (Å²) in [6.07, 6.45) is 2.06. The van der Waals surface area contributed by atoms with Crippen molar-refractivity contribution in [3.8, 4) is 5.75 Å². The molecule has 8 nitrogen and oxygen atoms in total. The van der Waals surface area contributed by atoms with Gasteiger partial charge in [-0.15, -0.1) is 0 Å². The van der Waals surface area contributed by atoms with Crippen molar-refractivity contribution in [2.75, 3.05) is 10.8 Å². The second-order valence-corrected chi connectivity index (χ2v) is 7.65. The molecule has 1 aliphatic rings. The molecule has 2 aromatic rings. The fourth-order valence-electron chi connectivity index (χ4n) is 2.70. The van der Waals surface area contributed by atoms with Crippen LogP contribution < -0.4 is 14.3 Å². The molecule has 1 amide bonds. The van der Waals surface area contributed by atoms with E-state index in [0.717, 1.165) is 16.1 Å². The van der Waals surface area contributed by atoms with Gasteiger partial charge in [-0.3, -0.25) is 4.79 Å². The molecular weight excluding hydrogens is 389 g/mol. The number of hydrogen-bond acceptors (Lipinski definition) is 5. The van der Waals surface area contributed by atoms with Gasteiger partial charge in [0, 0.05) is 12.1 Å². The highest BCUT2D eigenvalue weighted by molar-refractivity contribution is 7.91. The normalized spacial score (nSPS) is 15.0. The van der Waals surface area contributed by atoms with E-state index >= 15 is 0 Å². The molecule has 0 radical (unpaired) electrons. The number of anilines is 1. The third-order valence-corrected chi connectivity index (χ3v) is 5.33. The molecule has 1 heterocycles. The van der Waals surface area contributed by atoms with E-state index in [0.29, 0.717) is 24.9 Å². The molecule has 0 unspecified atom stereocenters. The van der Waals surface area contributed by atoms with Gasteiger partial charge in [-0.2, -0.15) is 8.42 Å². The molecule has 2 aromatic carbocycles. The van der Waals surface area contributed by atoms with Crippen LogP contribution >= 0.6 is 0 Å². The summed E-state index contributed by atoms with van der Waals surface area (Å²) in [7, 11) is -3.97. The maximum atomic E-state index is 12.9. The summed E-state index contributed by atoms with van der Waals surface area (Å²) < 4.78 is 39.2. The minimum Gasteiger partial charge on any atom is -0.506 e. The van der Waals surface area contributed by atoms with E-state index < -0.39 is 21.9 Å². The Kier molecular flexibility index (Phi) is 5.41. The molecule has 0 aliphatic carbocycles. The van der Waals surface area contributed by atoms with Crippen LogP contribution in [0.4, 0.5) is 10.1 Å². The Balaban J connectivity index is 1.55. The molecule has 28 heavy (non-hydrogen) atoms. The highest BCUT2D eigenvalue weighted by Gasteiger charge is 2.30. The molecule has 0 bridgehead atoms. The summed E-state index contributed by atoms with van der Waals surface area (Å²) in [6.45, 7) is 0.375. The van der Waals surface area contributed by atoms with Gasteiger partial charge in [-0.1, -0.05) is 6.07 Å². The molecule has 3 rings (SSSR count). The number of phenolic OH excluding ortho intramolecular Hbond substituents is 1. The van der Waals surface area contributed by atoms with E-state index in [9.17, 15) is 27.8 Å². The lowest BCUT2D eigenvalue weighted by Gasteiger charge is -2.16. The van der Waals surface area contributed by atoms with E-state index in [1.165, 1.54) is 36.4 Å². The predicted molar refractivity (Wildman–Crippen MR) is 100 cm³/mol. The van der Waals surface area contributed by atoms with Gasteiger partial charge in [0.05, 0.1) is 6.20 Å². The van der Waals surface area contributed by atoms with Crippen molar-refractivity contribution in [1.82, 2.24) is 10.0 Å². The number of benzene rings is 2. The first-order valence-corrected chi connectivity index (χ1v) is 9.79. The lowest BCUT2D eigenvalue weighted by molar-refractivity contribution is 0.0953. The maximum Gasteiger partial charge on any atom is 0.330 e. The number of amides is 1. The Bertz CT molecular complexity index is 1020. The Hall–Kier alpha value is -3.27. The number of carbonyl (C=O) groups excluding carboxylic acids is 1. The molecule has 1 aliphatic heterocycles. The standard InChI is InChI=1S/C18H18FN3O5S/c19-14-6-4-13(5-7-14)18(25)20-9-1-2-12-3-8-15(16(23)10-12)22-11-17(24)21-28(22,26)27/h3-8,10-11,21,23-24H,1-2,9H2,(H,20,25). The number of nitrogens with zero attached hydrogens (tertiary/aromatic N) is 1.